The van der Waals surface area contributed by atoms with Crippen LogP contribution in [0.5, 0.6) is 0 Å². The van der Waals surface area contributed by atoms with Crippen molar-refractivity contribution >= 4 is 23.4 Å². The third kappa shape index (κ3) is 2.96. The molecule has 2 aromatic rings. The average molecular weight is 281 g/mol. The lowest BCUT2D eigenvalue weighted by Crippen LogP contribution is -2.07. The molecular weight excluding hydrogens is 270 g/mol. The minimum absolute atomic E-state index is 0.122. The maximum Gasteiger partial charge on any atom is 0.322 e. The number of nitrogens with zero attached hydrogens (tertiary/aromatic N) is 5. The Bertz CT molecular complexity index is 587. The third-order valence-corrected chi connectivity index (χ3v) is 3.00. The van der Waals surface area contributed by atoms with Gasteiger partial charge in [-0.05, 0) is 25.6 Å². The highest BCUT2D eigenvalue weighted by atomic mass is 32.2. The Morgan fingerprint density at radius 3 is 2.89 bits per heavy atom. The van der Waals surface area contributed by atoms with Crippen molar-refractivity contribution < 1.29 is 4.92 Å². The van der Waals surface area contributed by atoms with Crippen LogP contribution in [0.25, 0.3) is 0 Å². The van der Waals surface area contributed by atoms with Gasteiger partial charge in [0.15, 0.2) is 10.2 Å². The first kappa shape index (κ1) is 13.2. The van der Waals surface area contributed by atoms with Gasteiger partial charge in [-0.1, -0.05) is 0 Å². The smallest absolute Gasteiger partial charge is 0.322 e. The fraction of sp³-hybridized carbons (Fsp3) is 0.333. The summed E-state index contributed by atoms with van der Waals surface area (Å²) in [5.74, 6) is 0.354. The highest BCUT2D eigenvalue weighted by Crippen LogP contribution is 2.33. The van der Waals surface area contributed by atoms with E-state index in [4.69, 9.17) is 0 Å². The number of hydrogen-bond acceptors (Lipinski definition) is 8. The monoisotopic (exact) mass is 281 g/mol. The van der Waals surface area contributed by atoms with E-state index in [-0.39, 0.29) is 10.7 Å². The van der Waals surface area contributed by atoms with Crippen LogP contribution in [-0.4, -0.2) is 36.6 Å². The first-order valence-corrected chi connectivity index (χ1v) is 6.23. The SMILES string of the molecule is CCNc1nc(C)c([N+](=O)[O-])c(Sc2ncn[nH]2)n1. The molecule has 10 heteroatoms. The van der Waals surface area contributed by atoms with Gasteiger partial charge in [0.25, 0.3) is 0 Å². The minimum Gasteiger partial charge on any atom is -0.354 e. The van der Waals surface area contributed by atoms with Crippen LogP contribution in [-0.2, 0) is 0 Å². The summed E-state index contributed by atoms with van der Waals surface area (Å²) < 4.78 is 0. The Morgan fingerprint density at radius 1 is 1.53 bits per heavy atom. The fourth-order valence-electron chi connectivity index (χ4n) is 1.39. The van der Waals surface area contributed by atoms with Gasteiger partial charge >= 0.3 is 5.69 Å². The zero-order valence-corrected chi connectivity index (χ0v) is 11.1. The molecule has 0 fully saturated rings. The first-order chi connectivity index (χ1) is 9.11. The number of anilines is 1. The van der Waals surface area contributed by atoms with E-state index < -0.39 is 4.92 Å². The van der Waals surface area contributed by atoms with E-state index in [0.717, 1.165) is 11.8 Å². The van der Waals surface area contributed by atoms with Crippen molar-refractivity contribution in [3.63, 3.8) is 0 Å². The molecule has 2 aromatic heterocycles. The summed E-state index contributed by atoms with van der Waals surface area (Å²) in [6.45, 7) is 4.10. The topological polar surface area (TPSA) is 123 Å². The van der Waals surface area contributed by atoms with Crippen molar-refractivity contribution in [2.24, 2.45) is 0 Å². The third-order valence-electron chi connectivity index (χ3n) is 2.13. The van der Waals surface area contributed by atoms with E-state index in [1.807, 2.05) is 6.92 Å². The predicted octanol–water partition coefficient (Wildman–Crippen LogP) is 1.39. The van der Waals surface area contributed by atoms with Gasteiger partial charge in [0.05, 0.1) is 4.92 Å². The molecule has 0 bridgehead atoms. The highest BCUT2D eigenvalue weighted by Gasteiger charge is 2.23. The number of H-pyrrole nitrogens is 1. The van der Waals surface area contributed by atoms with E-state index in [1.165, 1.54) is 6.33 Å². The van der Waals surface area contributed by atoms with Crippen molar-refractivity contribution in [1.82, 2.24) is 25.1 Å². The Labute approximate surface area is 112 Å². The van der Waals surface area contributed by atoms with Gasteiger partial charge in [-0.2, -0.15) is 10.1 Å². The molecule has 0 aliphatic heterocycles. The summed E-state index contributed by atoms with van der Waals surface area (Å²) in [5, 5.41) is 21.0. The summed E-state index contributed by atoms with van der Waals surface area (Å²) in [6, 6.07) is 0. The van der Waals surface area contributed by atoms with Gasteiger partial charge < -0.3 is 5.32 Å². The van der Waals surface area contributed by atoms with Crippen LogP contribution in [0, 0.1) is 17.0 Å². The van der Waals surface area contributed by atoms with Crippen LogP contribution in [0.4, 0.5) is 11.6 Å². The second-order valence-corrected chi connectivity index (χ2v) is 4.44. The van der Waals surface area contributed by atoms with Crippen molar-refractivity contribution in [3.05, 3.63) is 22.1 Å². The predicted molar refractivity (Wildman–Crippen MR) is 68.1 cm³/mol. The van der Waals surface area contributed by atoms with Crippen molar-refractivity contribution in [3.8, 4) is 0 Å². The van der Waals surface area contributed by atoms with E-state index in [9.17, 15) is 10.1 Å². The largest absolute Gasteiger partial charge is 0.354 e. The second-order valence-electron chi connectivity index (χ2n) is 3.47. The van der Waals surface area contributed by atoms with Crippen LogP contribution in [0.3, 0.4) is 0 Å². The summed E-state index contributed by atoms with van der Waals surface area (Å²) in [6.07, 6.45) is 1.33. The van der Waals surface area contributed by atoms with E-state index in [0.29, 0.717) is 23.3 Å². The zero-order valence-electron chi connectivity index (χ0n) is 10.2. The molecule has 0 aliphatic rings. The number of aromatic nitrogens is 5. The van der Waals surface area contributed by atoms with Gasteiger partial charge in [0.1, 0.15) is 12.0 Å². The van der Waals surface area contributed by atoms with Gasteiger partial charge in [0.2, 0.25) is 5.95 Å². The summed E-state index contributed by atoms with van der Waals surface area (Å²) in [5.41, 5.74) is 0.181. The van der Waals surface area contributed by atoms with Gasteiger partial charge in [0, 0.05) is 6.54 Å². The van der Waals surface area contributed by atoms with Crippen molar-refractivity contribution in [2.75, 3.05) is 11.9 Å². The summed E-state index contributed by atoms with van der Waals surface area (Å²) in [7, 11) is 0. The Kier molecular flexibility index (Phi) is 3.90. The molecule has 0 unspecified atom stereocenters. The summed E-state index contributed by atoms with van der Waals surface area (Å²) >= 11 is 1.04. The number of hydrogen-bond donors (Lipinski definition) is 2. The number of aromatic amines is 1. The molecule has 0 amide bonds. The molecule has 0 spiro atoms. The molecule has 0 radical (unpaired) electrons. The number of nitro groups is 1. The molecule has 100 valence electrons. The number of aryl methyl sites for hydroxylation is 1. The molecule has 0 atom stereocenters. The van der Waals surface area contributed by atoms with Crippen LogP contribution in [0.15, 0.2) is 16.5 Å². The summed E-state index contributed by atoms with van der Waals surface area (Å²) in [4.78, 5) is 22.7. The maximum absolute atomic E-state index is 11.1. The lowest BCUT2D eigenvalue weighted by molar-refractivity contribution is -0.389. The van der Waals surface area contributed by atoms with Gasteiger partial charge in [-0.25, -0.2) is 9.97 Å². The highest BCUT2D eigenvalue weighted by molar-refractivity contribution is 7.99. The first-order valence-electron chi connectivity index (χ1n) is 5.42. The maximum atomic E-state index is 11.1. The van der Waals surface area contributed by atoms with Crippen LogP contribution in [0.2, 0.25) is 0 Å². The lowest BCUT2D eigenvalue weighted by atomic mass is 10.4. The number of nitrogens with one attached hydrogen (secondary N) is 2. The van der Waals surface area contributed by atoms with Gasteiger partial charge in [-0.15, -0.1) is 0 Å². The molecule has 0 aliphatic carbocycles. The standard InChI is InChI=1S/C9H11N7O2S/c1-3-10-8-13-5(2)6(16(17)18)7(14-8)19-9-11-4-12-15-9/h4H,3H2,1-2H3,(H,10,13,14)(H,11,12,15). The van der Waals surface area contributed by atoms with Crippen molar-refractivity contribution in [1.29, 1.82) is 0 Å². The Balaban J connectivity index is 2.44. The molecule has 9 nitrogen and oxygen atoms in total. The molecule has 2 rings (SSSR count). The number of rotatable bonds is 5. The Morgan fingerprint density at radius 2 is 2.32 bits per heavy atom. The van der Waals surface area contributed by atoms with Gasteiger partial charge in [-0.3, -0.25) is 15.2 Å². The van der Waals surface area contributed by atoms with E-state index in [2.05, 4.69) is 30.5 Å². The molecule has 19 heavy (non-hydrogen) atoms. The Hall–Kier alpha value is -2.23. The van der Waals surface area contributed by atoms with Crippen LogP contribution in [0.1, 0.15) is 12.6 Å². The molecule has 0 saturated carbocycles. The molecule has 0 aromatic carbocycles. The lowest BCUT2D eigenvalue weighted by Gasteiger charge is -2.06. The molecule has 2 heterocycles. The average Bonchev–Trinajstić information content (AvgIpc) is 2.81. The molecule has 2 N–H and O–H groups in total. The quantitative estimate of drug-likeness (QED) is 0.479. The van der Waals surface area contributed by atoms with E-state index in [1.54, 1.807) is 6.92 Å². The van der Waals surface area contributed by atoms with Crippen LogP contribution < -0.4 is 5.32 Å². The van der Waals surface area contributed by atoms with Crippen molar-refractivity contribution in [2.45, 2.75) is 24.0 Å². The fourth-order valence-corrected chi connectivity index (χ4v) is 2.23. The molecular formula is C9H11N7O2S. The normalized spacial score (nSPS) is 10.4. The van der Waals surface area contributed by atoms with E-state index >= 15 is 0 Å². The zero-order chi connectivity index (χ0) is 13.8. The molecule has 0 saturated heterocycles. The minimum atomic E-state index is -0.496. The van der Waals surface area contributed by atoms with Crippen LogP contribution >= 0.6 is 11.8 Å². The second kappa shape index (κ2) is 5.61.